The molecule has 0 atom stereocenters. The van der Waals surface area contributed by atoms with Crippen LogP contribution in [0, 0.1) is 11.6 Å². The van der Waals surface area contributed by atoms with Crippen LogP contribution in [0.4, 0.5) is 8.78 Å². The summed E-state index contributed by atoms with van der Waals surface area (Å²) in [6, 6.07) is 15.5. The van der Waals surface area contributed by atoms with E-state index in [1.807, 2.05) is 0 Å². The van der Waals surface area contributed by atoms with Gasteiger partial charge in [0.1, 0.15) is 11.5 Å². The first-order valence-corrected chi connectivity index (χ1v) is 10.3. The van der Waals surface area contributed by atoms with Crippen LogP contribution in [0.3, 0.4) is 0 Å². The highest BCUT2D eigenvalue weighted by Gasteiger charge is 2.08. The van der Waals surface area contributed by atoms with Crippen LogP contribution in [0.15, 0.2) is 91.5 Å². The van der Waals surface area contributed by atoms with E-state index in [1.165, 1.54) is 48.8 Å². The van der Waals surface area contributed by atoms with Crippen molar-refractivity contribution in [2.75, 3.05) is 0 Å². The number of halogens is 2. The van der Waals surface area contributed by atoms with Crippen molar-refractivity contribution in [1.29, 1.82) is 0 Å². The van der Waals surface area contributed by atoms with Gasteiger partial charge < -0.3 is 14.8 Å². The normalized spacial score (nSPS) is 10.8. The van der Waals surface area contributed by atoms with Crippen molar-refractivity contribution in [3.05, 3.63) is 114 Å². The van der Waals surface area contributed by atoms with Crippen LogP contribution in [0.25, 0.3) is 6.08 Å². The molecule has 170 valence electrons. The molecule has 0 unspecified atom stereocenters. The summed E-state index contributed by atoms with van der Waals surface area (Å²) in [5.74, 6) is -0.607. The van der Waals surface area contributed by atoms with Gasteiger partial charge in [0, 0.05) is 25.0 Å². The molecule has 0 aliphatic heterocycles. The zero-order chi connectivity index (χ0) is 23.8. The zero-order valence-corrected chi connectivity index (χ0v) is 17.8. The number of amides is 1. The Kier molecular flexibility index (Phi) is 7.19. The molecule has 2 heterocycles. The Hall–Kier alpha value is -4.59. The number of ether oxygens (including phenoxy) is 2. The third kappa shape index (κ3) is 6.23. The predicted octanol–water partition coefficient (Wildman–Crippen LogP) is 5.67. The maximum absolute atomic E-state index is 14.3. The Morgan fingerprint density at radius 2 is 1.47 bits per heavy atom. The highest BCUT2D eigenvalue weighted by molar-refractivity contribution is 5.91. The van der Waals surface area contributed by atoms with Gasteiger partial charge in [-0.2, -0.15) is 0 Å². The summed E-state index contributed by atoms with van der Waals surface area (Å²) in [5.41, 5.74) is 1.04. The number of hydrogen-bond donors (Lipinski definition) is 1. The quantitative estimate of drug-likeness (QED) is 0.344. The first-order valence-electron chi connectivity index (χ1n) is 10.3. The monoisotopic (exact) mass is 459 g/mol. The lowest BCUT2D eigenvalue weighted by molar-refractivity contribution is -0.116. The molecule has 0 radical (unpaired) electrons. The molecule has 0 saturated heterocycles. The van der Waals surface area contributed by atoms with Gasteiger partial charge >= 0.3 is 0 Å². The highest BCUT2D eigenvalue weighted by Crippen LogP contribution is 2.25. The largest absolute Gasteiger partial charge is 0.453 e. The average Bonchev–Trinajstić information content (AvgIpc) is 2.86. The van der Waals surface area contributed by atoms with E-state index in [9.17, 15) is 13.6 Å². The van der Waals surface area contributed by atoms with E-state index in [0.717, 1.165) is 0 Å². The van der Waals surface area contributed by atoms with Crippen LogP contribution in [-0.4, -0.2) is 15.9 Å². The first-order chi connectivity index (χ1) is 16.6. The topological polar surface area (TPSA) is 73.3 Å². The Morgan fingerprint density at radius 1 is 0.853 bits per heavy atom. The SMILES string of the molecule is O=C(/C=C/c1ccc(Oc2cccnc2)c(F)c1)NCc1ccc(Oc2cccnc2)c(F)c1. The maximum atomic E-state index is 14.3. The number of hydrogen-bond acceptors (Lipinski definition) is 5. The van der Waals surface area contributed by atoms with Gasteiger partial charge in [0.2, 0.25) is 5.91 Å². The summed E-state index contributed by atoms with van der Waals surface area (Å²) in [7, 11) is 0. The fraction of sp³-hybridized carbons (Fsp3) is 0.0385. The molecule has 0 saturated carbocycles. The lowest BCUT2D eigenvalue weighted by Gasteiger charge is -2.08. The first kappa shape index (κ1) is 22.6. The molecule has 4 aromatic rings. The maximum Gasteiger partial charge on any atom is 0.244 e. The van der Waals surface area contributed by atoms with Crippen molar-refractivity contribution in [3.8, 4) is 23.0 Å². The number of aromatic nitrogens is 2. The Morgan fingerprint density at radius 3 is 2.03 bits per heavy atom. The summed E-state index contributed by atoms with van der Waals surface area (Å²) in [6.07, 6.45) is 8.88. The number of nitrogens with one attached hydrogen (secondary N) is 1. The number of carbonyl (C=O) groups excluding carboxylic acids is 1. The highest BCUT2D eigenvalue weighted by atomic mass is 19.1. The molecule has 0 aliphatic carbocycles. The van der Waals surface area contributed by atoms with Crippen molar-refractivity contribution in [1.82, 2.24) is 15.3 Å². The van der Waals surface area contributed by atoms with E-state index < -0.39 is 17.5 Å². The standard InChI is InChI=1S/C26H19F2N3O3/c27-22-13-18(5-8-24(22)33-20-3-1-11-29-16-20)7-10-26(32)31-15-19-6-9-25(23(28)14-19)34-21-4-2-12-30-17-21/h1-14,16-17H,15H2,(H,31,32)/b10-7+. The Bertz CT molecular complexity index is 1300. The third-order valence-electron chi connectivity index (χ3n) is 4.57. The summed E-state index contributed by atoms with van der Waals surface area (Å²) in [5, 5.41) is 2.66. The summed E-state index contributed by atoms with van der Waals surface area (Å²) in [4.78, 5) is 19.9. The van der Waals surface area contributed by atoms with Crippen LogP contribution < -0.4 is 14.8 Å². The van der Waals surface area contributed by atoms with Crippen LogP contribution in [0.5, 0.6) is 23.0 Å². The molecule has 6 nitrogen and oxygen atoms in total. The van der Waals surface area contributed by atoms with E-state index >= 15 is 0 Å². The minimum atomic E-state index is -0.574. The van der Waals surface area contributed by atoms with Crippen molar-refractivity contribution in [3.63, 3.8) is 0 Å². The van der Waals surface area contributed by atoms with E-state index in [-0.39, 0.29) is 18.0 Å². The van der Waals surface area contributed by atoms with Crippen molar-refractivity contribution >= 4 is 12.0 Å². The lowest BCUT2D eigenvalue weighted by atomic mass is 10.2. The molecule has 34 heavy (non-hydrogen) atoms. The van der Waals surface area contributed by atoms with E-state index in [0.29, 0.717) is 22.6 Å². The fourth-order valence-electron chi connectivity index (χ4n) is 2.93. The number of pyridine rings is 2. The number of carbonyl (C=O) groups is 1. The second-order valence-electron chi connectivity index (χ2n) is 7.09. The van der Waals surface area contributed by atoms with Crippen LogP contribution in [0.1, 0.15) is 11.1 Å². The van der Waals surface area contributed by atoms with Gasteiger partial charge in [0.15, 0.2) is 23.1 Å². The Labute approximate surface area is 194 Å². The second kappa shape index (κ2) is 10.8. The van der Waals surface area contributed by atoms with Gasteiger partial charge in [0.05, 0.1) is 12.4 Å². The van der Waals surface area contributed by atoms with Crippen LogP contribution in [0.2, 0.25) is 0 Å². The van der Waals surface area contributed by atoms with Crippen molar-refractivity contribution in [2.24, 2.45) is 0 Å². The molecule has 2 aromatic heterocycles. The molecule has 0 spiro atoms. The molecule has 1 N–H and O–H groups in total. The van der Waals surface area contributed by atoms with Gasteiger partial charge in [-0.1, -0.05) is 12.1 Å². The Balaban J connectivity index is 1.31. The summed E-state index contributed by atoms with van der Waals surface area (Å²) < 4.78 is 39.5. The second-order valence-corrected chi connectivity index (χ2v) is 7.09. The average molecular weight is 459 g/mol. The van der Waals surface area contributed by atoms with Gasteiger partial charge in [-0.3, -0.25) is 14.8 Å². The van der Waals surface area contributed by atoms with Gasteiger partial charge in [0.25, 0.3) is 0 Å². The molecule has 0 aliphatic rings. The molecule has 1 amide bonds. The van der Waals surface area contributed by atoms with Gasteiger partial charge in [-0.25, -0.2) is 8.78 Å². The minimum absolute atomic E-state index is 0.0487. The third-order valence-corrected chi connectivity index (χ3v) is 4.57. The molecule has 0 bridgehead atoms. The summed E-state index contributed by atoms with van der Waals surface area (Å²) >= 11 is 0. The number of nitrogens with zero attached hydrogens (tertiary/aromatic N) is 2. The van der Waals surface area contributed by atoms with E-state index in [2.05, 4.69) is 15.3 Å². The molecule has 0 fully saturated rings. The van der Waals surface area contributed by atoms with Crippen molar-refractivity contribution in [2.45, 2.75) is 6.54 Å². The van der Waals surface area contributed by atoms with Gasteiger partial charge in [-0.05, 0) is 65.7 Å². The molecule has 2 aromatic carbocycles. The smallest absolute Gasteiger partial charge is 0.244 e. The lowest BCUT2D eigenvalue weighted by Crippen LogP contribution is -2.20. The van der Waals surface area contributed by atoms with Crippen LogP contribution in [-0.2, 0) is 11.3 Å². The van der Waals surface area contributed by atoms with Gasteiger partial charge in [-0.15, -0.1) is 0 Å². The molecule has 8 heteroatoms. The molecule has 4 rings (SSSR count). The number of benzene rings is 2. The number of rotatable bonds is 8. The zero-order valence-electron chi connectivity index (χ0n) is 17.8. The fourth-order valence-corrected chi connectivity index (χ4v) is 2.93. The minimum Gasteiger partial charge on any atom is -0.453 e. The molecular formula is C26H19F2N3O3. The summed E-state index contributed by atoms with van der Waals surface area (Å²) in [6.45, 7) is 0.111. The molecular weight excluding hydrogens is 440 g/mol. The predicted molar refractivity (Wildman–Crippen MR) is 122 cm³/mol. The van der Waals surface area contributed by atoms with E-state index in [1.54, 1.807) is 48.8 Å². The van der Waals surface area contributed by atoms with E-state index in [4.69, 9.17) is 9.47 Å². The van der Waals surface area contributed by atoms with Crippen LogP contribution >= 0.6 is 0 Å². The van der Waals surface area contributed by atoms with Crippen molar-refractivity contribution < 1.29 is 23.0 Å².